The SMILES string of the molecule is Cc1ccc(N)cc1NCCC(=O)NCC(C)C. The minimum Gasteiger partial charge on any atom is -0.399 e. The zero-order valence-corrected chi connectivity index (χ0v) is 11.4. The van der Waals surface area contributed by atoms with Crippen LogP contribution in [0, 0.1) is 12.8 Å². The summed E-state index contributed by atoms with van der Waals surface area (Å²) >= 11 is 0. The number of nitrogens with one attached hydrogen (secondary N) is 2. The van der Waals surface area contributed by atoms with Crippen molar-refractivity contribution in [1.29, 1.82) is 0 Å². The number of nitrogens with two attached hydrogens (primary N) is 1. The highest BCUT2D eigenvalue weighted by molar-refractivity contribution is 5.76. The van der Waals surface area contributed by atoms with E-state index in [1.807, 2.05) is 25.1 Å². The normalized spacial score (nSPS) is 10.4. The summed E-state index contributed by atoms with van der Waals surface area (Å²) in [6, 6.07) is 5.73. The first kappa shape index (κ1) is 14.4. The van der Waals surface area contributed by atoms with Crippen molar-refractivity contribution < 1.29 is 4.79 Å². The van der Waals surface area contributed by atoms with Gasteiger partial charge in [-0.2, -0.15) is 0 Å². The molecule has 0 saturated heterocycles. The molecule has 100 valence electrons. The van der Waals surface area contributed by atoms with Crippen LogP contribution in [0.25, 0.3) is 0 Å². The van der Waals surface area contributed by atoms with E-state index in [-0.39, 0.29) is 5.91 Å². The Balaban J connectivity index is 2.33. The highest BCUT2D eigenvalue weighted by Crippen LogP contribution is 2.17. The van der Waals surface area contributed by atoms with Crippen molar-refractivity contribution in [2.45, 2.75) is 27.2 Å². The number of hydrogen-bond donors (Lipinski definition) is 3. The average Bonchev–Trinajstić information content (AvgIpc) is 2.31. The van der Waals surface area contributed by atoms with Crippen LogP contribution in [0.1, 0.15) is 25.8 Å². The van der Waals surface area contributed by atoms with Crippen molar-refractivity contribution in [2.75, 3.05) is 24.1 Å². The van der Waals surface area contributed by atoms with Crippen molar-refractivity contribution in [2.24, 2.45) is 5.92 Å². The Hall–Kier alpha value is -1.71. The fourth-order valence-corrected chi connectivity index (χ4v) is 1.55. The van der Waals surface area contributed by atoms with Gasteiger partial charge < -0.3 is 16.4 Å². The van der Waals surface area contributed by atoms with Gasteiger partial charge in [0.25, 0.3) is 0 Å². The maximum atomic E-state index is 11.5. The quantitative estimate of drug-likeness (QED) is 0.677. The Morgan fingerprint density at radius 1 is 1.39 bits per heavy atom. The van der Waals surface area contributed by atoms with Crippen molar-refractivity contribution >= 4 is 17.3 Å². The van der Waals surface area contributed by atoms with Gasteiger partial charge in [0.15, 0.2) is 0 Å². The molecule has 0 spiro atoms. The molecule has 4 heteroatoms. The number of hydrogen-bond acceptors (Lipinski definition) is 3. The van der Waals surface area contributed by atoms with Crippen LogP contribution in [0.2, 0.25) is 0 Å². The lowest BCUT2D eigenvalue weighted by Crippen LogP contribution is -2.28. The third kappa shape index (κ3) is 5.08. The number of amides is 1. The van der Waals surface area contributed by atoms with Gasteiger partial charge in [0.05, 0.1) is 0 Å². The molecular weight excluding hydrogens is 226 g/mol. The number of nitrogen functional groups attached to an aromatic ring is 1. The molecule has 0 unspecified atom stereocenters. The fraction of sp³-hybridized carbons (Fsp3) is 0.500. The van der Waals surface area contributed by atoms with Crippen LogP contribution < -0.4 is 16.4 Å². The predicted octanol–water partition coefficient (Wildman–Crippen LogP) is 2.15. The Morgan fingerprint density at radius 2 is 2.11 bits per heavy atom. The topological polar surface area (TPSA) is 67.1 Å². The highest BCUT2D eigenvalue weighted by Gasteiger charge is 2.03. The van der Waals surface area contributed by atoms with Crippen LogP contribution in [0.5, 0.6) is 0 Å². The number of aryl methyl sites for hydroxylation is 1. The lowest BCUT2D eigenvalue weighted by Gasteiger charge is -2.11. The summed E-state index contributed by atoms with van der Waals surface area (Å²) in [5.41, 5.74) is 8.57. The molecule has 0 bridgehead atoms. The van der Waals surface area contributed by atoms with Gasteiger partial charge in [0.2, 0.25) is 5.91 Å². The molecule has 0 heterocycles. The molecule has 0 saturated carbocycles. The van der Waals surface area contributed by atoms with Crippen LogP contribution in [0.15, 0.2) is 18.2 Å². The van der Waals surface area contributed by atoms with Gasteiger partial charge in [-0.05, 0) is 30.5 Å². The fourth-order valence-electron chi connectivity index (χ4n) is 1.55. The second-order valence-corrected chi connectivity index (χ2v) is 4.95. The number of rotatable bonds is 6. The molecule has 0 aromatic heterocycles. The van der Waals surface area contributed by atoms with Crippen LogP contribution in [-0.2, 0) is 4.79 Å². The largest absolute Gasteiger partial charge is 0.399 e. The molecule has 0 fully saturated rings. The molecule has 18 heavy (non-hydrogen) atoms. The van der Waals surface area contributed by atoms with Crippen molar-refractivity contribution in [1.82, 2.24) is 5.32 Å². The summed E-state index contributed by atoms with van der Waals surface area (Å²) in [4.78, 5) is 11.5. The molecule has 1 amide bonds. The van der Waals surface area contributed by atoms with Crippen molar-refractivity contribution in [3.05, 3.63) is 23.8 Å². The number of carbonyl (C=O) groups is 1. The molecule has 0 atom stereocenters. The van der Waals surface area contributed by atoms with E-state index in [0.717, 1.165) is 23.5 Å². The summed E-state index contributed by atoms with van der Waals surface area (Å²) in [6.45, 7) is 7.52. The second kappa shape index (κ2) is 6.89. The van der Waals surface area contributed by atoms with E-state index < -0.39 is 0 Å². The highest BCUT2D eigenvalue weighted by atomic mass is 16.1. The molecule has 4 nitrogen and oxygen atoms in total. The number of benzene rings is 1. The Kier molecular flexibility index (Phi) is 5.49. The Morgan fingerprint density at radius 3 is 2.78 bits per heavy atom. The van der Waals surface area contributed by atoms with E-state index in [9.17, 15) is 4.79 Å². The minimum atomic E-state index is 0.0813. The van der Waals surface area contributed by atoms with E-state index in [1.54, 1.807) is 0 Å². The third-order valence-corrected chi connectivity index (χ3v) is 2.64. The maximum absolute atomic E-state index is 11.5. The van der Waals surface area contributed by atoms with Crippen molar-refractivity contribution in [3.63, 3.8) is 0 Å². The molecule has 0 aliphatic carbocycles. The number of carbonyl (C=O) groups excluding carboxylic acids is 1. The van der Waals surface area contributed by atoms with Crippen LogP contribution in [0.4, 0.5) is 11.4 Å². The average molecular weight is 249 g/mol. The monoisotopic (exact) mass is 249 g/mol. The van der Waals surface area contributed by atoms with Gasteiger partial charge >= 0.3 is 0 Å². The van der Waals surface area contributed by atoms with Gasteiger partial charge in [0.1, 0.15) is 0 Å². The minimum absolute atomic E-state index is 0.0813. The summed E-state index contributed by atoms with van der Waals surface area (Å²) in [7, 11) is 0. The maximum Gasteiger partial charge on any atom is 0.221 e. The first-order chi connectivity index (χ1) is 8.49. The zero-order chi connectivity index (χ0) is 13.5. The standard InChI is InChI=1S/C14H23N3O/c1-10(2)9-17-14(18)6-7-16-13-8-12(15)5-4-11(13)3/h4-5,8,10,16H,6-7,9,15H2,1-3H3,(H,17,18). The third-order valence-electron chi connectivity index (χ3n) is 2.64. The van der Waals surface area contributed by atoms with Gasteiger partial charge in [0, 0.05) is 30.9 Å². The van der Waals surface area contributed by atoms with E-state index in [4.69, 9.17) is 5.73 Å². The lowest BCUT2D eigenvalue weighted by atomic mass is 10.2. The molecule has 0 aliphatic rings. The zero-order valence-electron chi connectivity index (χ0n) is 11.4. The van der Waals surface area contributed by atoms with Gasteiger partial charge in [-0.15, -0.1) is 0 Å². The van der Waals surface area contributed by atoms with E-state index in [1.165, 1.54) is 0 Å². The van der Waals surface area contributed by atoms with Gasteiger partial charge in [-0.25, -0.2) is 0 Å². The first-order valence-corrected chi connectivity index (χ1v) is 6.35. The van der Waals surface area contributed by atoms with Gasteiger partial charge in [-0.3, -0.25) is 4.79 Å². The van der Waals surface area contributed by atoms with E-state index in [2.05, 4.69) is 24.5 Å². The Labute approximate surface area is 109 Å². The summed E-state index contributed by atoms with van der Waals surface area (Å²) in [5.74, 6) is 0.566. The van der Waals surface area contributed by atoms with E-state index >= 15 is 0 Å². The molecule has 0 aliphatic heterocycles. The van der Waals surface area contributed by atoms with E-state index in [0.29, 0.717) is 18.9 Å². The predicted molar refractivity (Wildman–Crippen MR) is 76.5 cm³/mol. The first-order valence-electron chi connectivity index (χ1n) is 6.35. The van der Waals surface area contributed by atoms with Crippen molar-refractivity contribution in [3.8, 4) is 0 Å². The summed E-state index contributed by atoms with van der Waals surface area (Å²) < 4.78 is 0. The van der Waals surface area contributed by atoms with Crippen LogP contribution in [-0.4, -0.2) is 19.0 Å². The van der Waals surface area contributed by atoms with Crippen LogP contribution >= 0.6 is 0 Å². The van der Waals surface area contributed by atoms with Gasteiger partial charge in [-0.1, -0.05) is 19.9 Å². The molecule has 4 N–H and O–H groups in total. The molecule has 1 aromatic rings. The molecule has 0 radical (unpaired) electrons. The second-order valence-electron chi connectivity index (χ2n) is 4.95. The number of anilines is 2. The Bertz CT molecular complexity index is 402. The lowest BCUT2D eigenvalue weighted by molar-refractivity contribution is -0.120. The molecule has 1 rings (SSSR count). The molecule has 1 aromatic carbocycles. The van der Waals surface area contributed by atoms with Crippen LogP contribution in [0.3, 0.4) is 0 Å². The summed E-state index contributed by atoms with van der Waals surface area (Å²) in [6.07, 6.45) is 0.473. The summed E-state index contributed by atoms with van der Waals surface area (Å²) in [5, 5.41) is 6.12. The molecular formula is C14H23N3O. The smallest absolute Gasteiger partial charge is 0.221 e.